The number of hydrogen-bond donors (Lipinski definition) is 4. The molecule has 1 unspecified atom stereocenters. The molecule has 4 amide bonds. The van der Waals surface area contributed by atoms with Crippen molar-refractivity contribution in [3.05, 3.63) is 117 Å². The second-order valence-electron chi connectivity index (χ2n) is 15.8. The third-order valence-electron chi connectivity index (χ3n) is 12.0. The van der Waals surface area contributed by atoms with Gasteiger partial charge in [-0.15, -0.1) is 0 Å². The molecule has 5 aromatic rings. The molecule has 304 valence electrons. The first-order chi connectivity index (χ1) is 28.6. The number of halogens is 1. The largest absolute Gasteiger partial charge is 0.392 e. The number of nitrogens with one attached hydrogen (secondary N) is 3. The van der Waals surface area contributed by atoms with Gasteiger partial charge in [0, 0.05) is 61.8 Å². The molecular formula is C44H46FN9O5. The molecule has 3 aromatic heterocycles. The van der Waals surface area contributed by atoms with Gasteiger partial charge in [0.2, 0.25) is 17.8 Å². The number of carbonyl (C=O) groups excluding carboxylic acids is 3. The van der Waals surface area contributed by atoms with Gasteiger partial charge in [-0.2, -0.15) is 4.39 Å². The van der Waals surface area contributed by atoms with Gasteiger partial charge in [-0.25, -0.2) is 19.6 Å². The Kier molecular flexibility index (Phi) is 11.4. The maximum Gasteiger partial charge on any atom is 0.329 e. The van der Waals surface area contributed by atoms with E-state index in [-0.39, 0.29) is 29.3 Å². The number of hydrogen-bond acceptors (Lipinski definition) is 9. The molecule has 3 saturated heterocycles. The number of piperidine rings is 3. The van der Waals surface area contributed by atoms with Crippen molar-refractivity contribution < 1.29 is 23.9 Å². The molecule has 3 aliphatic heterocycles. The number of amides is 4. The fourth-order valence-electron chi connectivity index (χ4n) is 8.69. The number of aliphatic hydroxyl groups is 1. The van der Waals surface area contributed by atoms with E-state index < -0.39 is 30.5 Å². The molecule has 1 spiro atoms. The number of para-hydroxylation sites is 1. The maximum atomic E-state index is 13.6. The topological polar surface area (TPSA) is 167 Å². The molecular weight excluding hydrogens is 754 g/mol. The second kappa shape index (κ2) is 16.9. The lowest BCUT2D eigenvalue weighted by Crippen LogP contribution is -2.46. The van der Waals surface area contributed by atoms with Crippen molar-refractivity contribution in [3.8, 4) is 11.8 Å². The smallest absolute Gasteiger partial charge is 0.329 e. The molecule has 0 radical (unpaired) electrons. The predicted octanol–water partition coefficient (Wildman–Crippen LogP) is 4.66. The summed E-state index contributed by atoms with van der Waals surface area (Å²) >= 11 is 0. The van der Waals surface area contributed by atoms with Crippen LogP contribution in [0.25, 0.3) is 11.0 Å². The number of rotatable bonds is 8. The maximum absolute atomic E-state index is 13.6. The molecule has 1 atom stereocenters. The summed E-state index contributed by atoms with van der Waals surface area (Å²) < 4.78 is 16.8. The Morgan fingerprint density at radius 2 is 1.66 bits per heavy atom. The number of aryl methyl sites for hydroxylation is 1. The Morgan fingerprint density at radius 3 is 2.41 bits per heavy atom. The molecule has 0 bridgehead atoms. The summed E-state index contributed by atoms with van der Waals surface area (Å²) in [5.74, 6) is 4.79. The van der Waals surface area contributed by atoms with E-state index in [1.807, 2.05) is 24.3 Å². The first kappa shape index (κ1) is 39.6. The minimum atomic E-state index is -0.775. The Bertz CT molecular complexity index is 2540. The van der Waals surface area contributed by atoms with E-state index in [2.05, 4.69) is 65.8 Å². The van der Waals surface area contributed by atoms with Gasteiger partial charge in [0.1, 0.15) is 11.7 Å². The van der Waals surface area contributed by atoms with Gasteiger partial charge < -0.3 is 15.7 Å². The van der Waals surface area contributed by atoms with Crippen LogP contribution in [0, 0.1) is 23.2 Å². The molecule has 6 heterocycles. The van der Waals surface area contributed by atoms with Crippen LogP contribution in [0.4, 0.5) is 20.6 Å². The predicted molar refractivity (Wildman–Crippen MR) is 219 cm³/mol. The number of benzene rings is 2. The van der Waals surface area contributed by atoms with E-state index in [9.17, 15) is 28.7 Å². The zero-order chi connectivity index (χ0) is 41.1. The van der Waals surface area contributed by atoms with E-state index in [0.717, 1.165) is 93.2 Å². The molecule has 14 nitrogen and oxygen atoms in total. The lowest BCUT2D eigenvalue weighted by molar-refractivity contribution is -0.135. The average molecular weight is 800 g/mol. The first-order valence-corrected chi connectivity index (χ1v) is 19.9. The molecule has 2 aromatic carbocycles. The normalized spacial score (nSPS) is 18.3. The van der Waals surface area contributed by atoms with Crippen LogP contribution in [0.15, 0.2) is 77.9 Å². The summed E-state index contributed by atoms with van der Waals surface area (Å²) in [6.07, 6.45) is 7.79. The fraction of sp³-hybridized carbons (Fsp3) is 0.364. The summed E-state index contributed by atoms with van der Waals surface area (Å²) in [5, 5.41) is 17.1. The van der Waals surface area contributed by atoms with E-state index in [4.69, 9.17) is 0 Å². The zero-order valence-corrected chi connectivity index (χ0v) is 32.8. The van der Waals surface area contributed by atoms with Gasteiger partial charge in [-0.3, -0.25) is 33.8 Å². The quantitative estimate of drug-likeness (QED) is 0.0993. The van der Waals surface area contributed by atoms with Gasteiger partial charge in [0.05, 0.1) is 23.3 Å². The van der Waals surface area contributed by atoms with Gasteiger partial charge in [-0.05, 0) is 111 Å². The van der Waals surface area contributed by atoms with Crippen LogP contribution in [0.1, 0.15) is 72.5 Å². The molecule has 3 fully saturated rings. The molecule has 15 heteroatoms. The number of carbonyl (C=O) groups is 3. The highest BCUT2D eigenvalue weighted by Crippen LogP contribution is 2.42. The van der Waals surface area contributed by atoms with Crippen LogP contribution in [-0.4, -0.2) is 78.0 Å². The van der Waals surface area contributed by atoms with E-state index >= 15 is 0 Å². The third kappa shape index (κ3) is 8.80. The monoisotopic (exact) mass is 799 g/mol. The van der Waals surface area contributed by atoms with Gasteiger partial charge in [0.15, 0.2) is 0 Å². The zero-order valence-electron chi connectivity index (χ0n) is 32.8. The Hall–Kier alpha value is -6.21. The molecule has 3 aliphatic rings. The first-order valence-electron chi connectivity index (χ1n) is 19.9. The minimum Gasteiger partial charge on any atom is -0.392 e. The number of anilines is 2. The summed E-state index contributed by atoms with van der Waals surface area (Å²) in [6.45, 7) is 5.19. The van der Waals surface area contributed by atoms with Crippen molar-refractivity contribution in [1.29, 1.82) is 0 Å². The van der Waals surface area contributed by atoms with Crippen molar-refractivity contribution in [3.63, 3.8) is 0 Å². The highest BCUT2D eigenvalue weighted by molar-refractivity contribution is 6.01. The number of aliphatic hydroxyl groups excluding tert-OH is 1. The van der Waals surface area contributed by atoms with E-state index in [1.165, 1.54) is 11.8 Å². The van der Waals surface area contributed by atoms with Crippen LogP contribution < -0.4 is 21.6 Å². The van der Waals surface area contributed by atoms with E-state index in [0.29, 0.717) is 23.2 Å². The summed E-state index contributed by atoms with van der Waals surface area (Å²) in [5.41, 5.74) is 6.09. The van der Waals surface area contributed by atoms with Crippen molar-refractivity contribution >= 4 is 40.3 Å². The van der Waals surface area contributed by atoms with Gasteiger partial charge in [0.25, 0.3) is 0 Å². The average Bonchev–Trinajstić information content (AvgIpc) is 3.48. The number of nitrogens with zero attached hydrogens (tertiary/aromatic N) is 6. The van der Waals surface area contributed by atoms with Crippen LogP contribution in [0.5, 0.6) is 0 Å². The van der Waals surface area contributed by atoms with Crippen molar-refractivity contribution in [2.45, 2.75) is 64.3 Å². The third-order valence-corrected chi connectivity index (χ3v) is 12.0. The van der Waals surface area contributed by atoms with Gasteiger partial charge in [-0.1, -0.05) is 30.2 Å². The number of likely N-dealkylation sites (tertiary alicyclic amines) is 2. The standard InChI is InChI=1S/C44H46FN9O5/c1-51-40-31(6-3-7-36(40)54(43(51)59)37-10-11-39(56)50-41(37)57)27-53-20-15-44(16-21-53)13-18-52(19-14-44)26-30-5-2-4-29(22-30)8-9-33-23-34(12-17-46-33)48-42(58)49-35-24-38(45)47-25-32(35)28-55/h2-7,12,17,22-25,37,55H,10-11,13-16,18-21,26-28H2,1H3,(H,50,56,57)(H2,46,47,48,49,58). The number of urea groups is 1. The van der Waals surface area contributed by atoms with E-state index in [1.54, 1.807) is 34.5 Å². The molecule has 0 aliphatic carbocycles. The summed E-state index contributed by atoms with van der Waals surface area (Å²) in [6, 6.07) is 17.1. The molecule has 4 N–H and O–H groups in total. The number of pyridine rings is 2. The highest BCUT2D eigenvalue weighted by atomic mass is 19.1. The Morgan fingerprint density at radius 1 is 0.915 bits per heavy atom. The van der Waals surface area contributed by atoms with Gasteiger partial charge >= 0.3 is 11.7 Å². The lowest BCUT2D eigenvalue weighted by Gasteiger charge is -2.47. The Balaban J connectivity index is 0.834. The molecule has 59 heavy (non-hydrogen) atoms. The summed E-state index contributed by atoms with van der Waals surface area (Å²) in [4.78, 5) is 63.3. The highest BCUT2D eigenvalue weighted by Gasteiger charge is 2.38. The van der Waals surface area contributed by atoms with Crippen LogP contribution >= 0.6 is 0 Å². The number of imidazole rings is 1. The molecule has 0 saturated carbocycles. The second-order valence-corrected chi connectivity index (χ2v) is 15.8. The fourth-order valence-corrected chi connectivity index (χ4v) is 8.69. The van der Waals surface area contributed by atoms with Crippen LogP contribution in [0.3, 0.4) is 0 Å². The van der Waals surface area contributed by atoms with Crippen LogP contribution in [-0.2, 0) is 36.3 Å². The molecule has 8 rings (SSSR count). The lowest BCUT2D eigenvalue weighted by atomic mass is 9.71. The minimum absolute atomic E-state index is 0.123. The van der Waals surface area contributed by atoms with Crippen molar-refractivity contribution in [2.75, 3.05) is 36.8 Å². The Labute approximate surface area is 340 Å². The number of imide groups is 1. The SMILES string of the molecule is Cn1c(=O)n(C2CCC(=O)NC2=O)c2cccc(CN3CCC4(CCN(Cc5cccc(C#Cc6cc(NC(=O)Nc7cc(F)ncc7CO)ccn6)c5)CC4)CC3)c21. The van der Waals surface area contributed by atoms with Crippen molar-refractivity contribution in [2.24, 2.45) is 12.5 Å². The van der Waals surface area contributed by atoms with Crippen molar-refractivity contribution in [1.82, 2.24) is 34.2 Å². The number of aromatic nitrogens is 4. The summed E-state index contributed by atoms with van der Waals surface area (Å²) in [7, 11) is 1.76. The number of fused-ring (bicyclic) bond motifs is 1. The van der Waals surface area contributed by atoms with Crippen LogP contribution in [0.2, 0.25) is 0 Å².